The molecule has 2 heterocycles. The zero-order chi connectivity index (χ0) is 13.6. The smallest absolute Gasteiger partial charge is 0.408 e. The van der Waals surface area contributed by atoms with E-state index in [1.54, 1.807) is 6.07 Å². The van der Waals surface area contributed by atoms with Crippen LogP contribution in [0.3, 0.4) is 0 Å². The zero-order valence-corrected chi connectivity index (χ0v) is 11.0. The number of aromatic amines is 1. The SMILES string of the molecule is CC1(C)CN(c2cc3[nH]c(=O)oc3cc2N)CCO1. The molecule has 0 bridgehead atoms. The topological polar surface area (TPSA) is 84.5 Å². The third kappa shape index (κ3) is 2.19. The van der Waals surface area contributed by atoms with Crippen LogP contribution in [0.5, 0.6) is 0 Å². The fourth-order valence-corrected chi connectivity index (χ4v) is 2.50. The predicted molar refractivity (Wildman–Crippen MR) is 73.5 cm³/mol. The minimum absolute atomic E-state index is 0.205. The van der Waals surface area contributed by atoms with Crippen LogP contribution in [-0.4, -0.2) is 30.3 Å². The summed E-state index contributed by atoms with van der Waals surface area (Å²) in [6, 6.07) is 3.54. The van der Waals surface area contributed by atoms with Gasteiger partial charge in [-0.15, -0.1) is 0 Å². The Balaban J connectivity index is 2.04. The molecule has 0 atom stereocenters. The molecule has 102 valence electrons. The maximum Gasteiger partial charge on any atom is 0.417 e. The lowest BCUT2D eigenvalue weighted by atomic mass is 10.1. The average molecular weight is 263 g/mol. The molecule has 19 heavy (non-hydrogen) atoms. The highest BCUT2D eigenvalue weighted by Crippen LogP contribution is 2.31. The molecule has 0 radical (unpaired) electrons. The minimum atomic E-state index is -0.464. The van der Waals surface area contributed by atoms with Crippen molar-refractivity contribution in [2.45, 2.75) is 19.4 Å². The summed E-state index contributed by atoms with van der Waals surface area (Å²) < 4.78 is 10.7. The van der Waals surface area contributed by atoms with Gasteiger partial charge in [0.2, 0.25) is 0 Å². The van der Waals surface area contributed by atoms with Gasteiger partial charge in [0.25, 0.3) is 0 Å². The average Bonchev–Trinajstić information content (AvgIpc) is 2.65. The number of aromatic nitrogens is 1. The van der Waals surface area contributed by atoms with Gasteiger partial charge < -0.3 is 19.8 Å². The van der Waals surface area contributed by atoms with Crippen LogP contribution in [0.2, 0.25) is 0 Å². The number of oxazole rings is 1. The van der Waals surface area contributed by atoms with Gasteiger partial charge in [0, 0.05) is 19.2 Å². The maximum atomic E-state index is 11.2. The van der Waals surface area contributed by atoms with Gasteiger partial charge in [-0.2, -0.15) is 0 Å². The van der Waals surface area contributed by atoms with Crippen LogP contribution in [-0.2, 0) is 4.74 Å². The fraction of sp³-hybridized carbons (Fsp3) is 0.462. The van der Waals surface area contributed by atoms with E-state index in [4.69, 9.17) is 14.9 Å². The number of fused-ring (bicyclic) bond motifs is 1. The Morgan fingerprint density at radius 2 is 2.21 bits per heavy atom. The maximum absolute atomic E-state index is 11.2. The van der Waals surface area contributed by atoms with E-state index in [1.807, 2.05) is 19.9 Å². The first kappa shape index (κ1) is 12.1. The molecule has 3 N–H and O–H groups in total. The van der Waals surface area contributed by atoms with Crippen LogP contribution in [0.25, 0.3) is 11.1 Å². The van der Waals surface area contributed by atoms with Crippen molar-refractivity contribution >= 4 is 22.5 Å². The summed E-state index contributed by atoms with van der Waals surface area (Å²) in [5.41, 5.74) is 8.51. The monoisotopic (exact) mass is 263 g/mol. The molecule has 1 aliphatic rings. The lowest BCUT2D eigenvalue weighted by molar-refractivity contribution is -0.0276. The lowest BCUT2D eigenvalue weighted by Crippen LogP contribution is -2.48. The Bertz CT molecular complexity index is 671. The van der Waals surface area contributed by atoms with E-state index in [-0.39, 0.29) is 5.60 Å². The minimum Gasteiger partial charge on any atom is -0.408 e. The molecule has 1 aliphatic heterocycles. The van der Waals surface area contributed by atoms with Crippen LogP contribution >= 0.6 is 0 Å². The number of nitrogens with two attached hydrogens (primary N) is 1. The first-order valence-electron chi connectivity index (χ1n) is 6.26. The molecule has 0 unspecified atom stereocenters. The van der Waals surface area contributed by atoms with Crippen molar-refractivity contribution < 1.29 is 9.15 Å². The van der Waals surface area contributed by atoms with Crippen molar-refractivity contribution in [1.82, 2.24) is 4.98 Å². The van der Waals surface area contributed by atoms with Crippen molar-refractivity contribution in [1.29, 1.82) is 0 Å². The van der Waals surface area contributed by atoms with Crippen LogP contribution in [0.15, 0.2) is 21.3 Å². The molecule has 1 fully saturated rings. The van der Waals surface area contributed by atoms with Crippen molar-refractivity contribution in [2.75, 3.05) is 30.3 Å². The van der Waals surface area contributed by atoms with Gasteiger partial charge in [-0.3, -0.25) is 4.98 Å². The number of nitrogen functional groups attached to an aromatic ring is 1. The van der Waals surface area contributed by atoms with Crippen LogP contribution in [0, 0.1) is 0 Å². The summed E-state index contributed by atoms with van der Waals surface area (Å²) in [5.74, 6) is -0.464. The molecular weight excluding hydrogens is 246 g/mol. The predicted octanol–water partition coefficient (Wildman–Crippen LogP) is 1.32. The number of anilines is 2. The molecule has 1 saturated heterocycles. The van der Waals surface area contributed by atoms with Crippen molar-refractivity contribution in [3.63, 3.8) is 0 Å². The molecule has 0 aliphatic carbocycles. The third-order valence-electron chi connectivity index (χ3n) is 3.33. The van der Waals surface area contributed by atoms with Crippen molar-refractivity contribution in [3.05, 3.63) is 22.7 Å². The highest BCUT2D eigenvalue weighted by Gasteiger charge is 2.28. The van der Waals surface area contributed by atoms with Gasteiger partial charge in [0.05, 0.1) is 29.1 Å². The van der Waals surface area contributed by atoms with Crippen LogP contribution in [0.1, 0.15) is 13.8 Å². The Hall–Kier alpha value is -1.95. The number of ether oxygens (including phenoxy) is 1. The number of H-pyrrole nitrogens is 1. The number of nitrogens with one attached hydrogen (secondary N) is 1. The number of hydrogen-bond donors (Lipinski definition) is 2. The van der Waals surface area contributed by atoms with Crippen molar-refractivity contribution in [3.8, 4) is 0 Å². The molecule has 0 saturated carbocycles. The normalized spacial score (nSPS) is 18.9. The molecule has 1 aromatic carbocycles. The van der Waals surface area contributed by atoms with E-state index < -0.39 is 5.76 Å². The highest BCUT2D eigenvalue weighted by molar-refractivity contribution is 5.85. The molecule has 6 nitrogen and oxygen atoms in total. The van der Waals surface area contributed by atoms with E-state index in [2.05, 4.69) is 9.88 Å². The highest BCUT2D eigenvalue weighted by atomic mass is 16.5. The number of hydrogen-bond acceptors (Lipinski definition) is 5. The van der Waals surface area contributed by atoms with Gasteiger partial charge >= 0.3 is 5.76 Å². The van der Waals surface area contributed by atoms with Gasteiger partial charge in [0.1, 0.15) is 0 Å². The summed E-state index contributed by atoms with van der Waals surface area (Å²) in [7, 11) is 0. The largest absolute Gasteiger partial charge is 0.417 e. The van der Waals surface area contributed by atoms with Gasteiger partial charge in [-0.25, -0.2) is 4.79 Å². The van der Waals surface area contributed by atoms with E-state index in [1.165, 1.54) is 0 Å². The Kier molecular flexibility index (Phi) is 2.56. The molecule has 0 spiro atoms. The van der Waals surface area contributed by atoms with E-state index in [0.717, 1.165) is 18.8 Å². The molecule has 3 rings (SSSR count). The Morgan fingerprint density at radius 1 is 1.42 bits per heavy atom. The third-order valence-corrected chi connectivity index (χ3v) is 3.33. The molecule has 0 amide bonds. The number of benzene rings is 1. The van der Waals surface area contributed by atoms with Gasteiger partial charge in [-0.05, 0) is 19.9 Å². The summed E-state index contributed by atoms with van der Waals surface area (Å²) in [6.45, 7) is 6.29. The molecule has 2 aromatic rings. The summed E-state index contributed by atoms with van der Waals surface area (Å²) in [4.78, 5) is 16.0. The number of rotatable bonds is 1. The quantitative estimate of drug-likeness (QED) is 0.758. The summed E-state index contributed by atoms with van der Waals surface area (Å²) in [6.07, 6.45) is 0. The van der Waals surface area contributed by atoms with Gasteiger partial charge in [-0.1, -0.05) is 0 Å². The summed E-state index contributed by atoms with van der Waals surface area (Å²) >= 11 is 0. The molecule has 6 heteroatoms. The van der Waals surface area contributed by atoms with E-state index in [0.29, 0.717) is 23.4 Å². The standard InChI is InChI=1S/C13H17N3O3/c1-13(2)7-16(3-4-18-13)10-6-9-11(5-8(10)14)19-12(17)15-9/h5-6H,3-4,7,14H2,1-2H3,(H,15,17). The first-order chi connectivity index (χ1) is 8.94. The Labute approximate surface area is 110 Å². The zero-order valence-electron chi connectivity index (χ0n) is 11.0. The second-order valence-corrected chi connectivity index (χ2v) is 5.45. The van der Waals surface area contributed by atoms with Crippen molar-refractivity contribution in [2.24, 2.45) is 0 Å². The van der Waals surface area contributed by atoms with Crippen LogP contribution in [0.4, 0.5) is 11.4 Å². The van der Waals surface area contributed by atoms with E-state index >= 15 is 0 Å². The van der Waals surface area contributed by atoms with E-state index in [9.17, 15) is 4.79 Å². The molecule has 1 aromatic heterocycles. The number of nitrogens with zero attached hydrogens (tertiary/aromatic N) is 1. The number of morpholine rings is 1. The first-order valence-corrected chi connectivity index (χ1v) is 6.26. The van der Waals surface area contributed by atoms with Gasteiger partial charge in [0.15, 0.2) is 5.58 Å². The Morgan fingerprint density at radius 3 is 2.95 bits per heavy atom. The second-order valence-electron chi connectivity index (χ2n) is 5.45. The lowest BCUT2D eigenvalue weighted by Gasteiger charge is -2.39. The second kappa shape index (κ2) is 4.03. The molecular formula is C13H17N3O3. The van der Waals surface area contributed by atoms with Crippen LogP contribution < -0.4 is 16.4 Å². The summed E-state index contributed by atoms with van der Waals surface area (Å²) in [5, 5.41) is 0. The fourth-order valence-electron chi connectivity index (χ4n) is 2.50.